The molecule has 1 aromatic heterocycles. The lowest BCUT2D eigenvalue weighted by Gasteiger charge is -2.29. The van der Waals surface area contributed by atoms with Gasteiger partial charge in [-0.1, -0.05) is 6.07 Å². The van der Waals surface area contributed by atoms with E-state index in [-0.39, 0.29) is 18.1 Å². The fourth-order valence-electron chi connectivity index (χ4n) is 3.43. The zero-order chi connectivity index (χ0) is 21.0. The van der Waals surface area contributed by atoms with Crippen LogP contribution in [0, 0.1) is 6.92 Å². The molecule has 29 heavy (non-hydrogen) atoms. The predicted molar refractivity (Wildman–Crippen MR) is 105 cm³/mol. The van der Waals surface area contributed by atoms with Gasteiger partial charge < -0.3 is 28.6 Å². The first-order valence-electron chi connectivity index (χ1n) is 9.35. The van der Waals surface area contributed by atoms with Crippen molar-refractivity contribution in [3.05, 3.63) is 51.6 Å². The number of carbonyl (C=O) groups is 1. The second-order valence-corrected chi connectivity index (χ2v) is 6.79. The second-order valence-electron chi connectivity index (χ2n) is 6.79. The molecular weight excluding hydrogens is 378 g/mol. The number of aryl methyl sites for hydroxylation is 1. The van der Waals surface area contributed by atoms with Crippen molar-refractivity contribution in [1.82, 2.24) is 4.90 Å². The van der Waals surface area contributed by atoms with Gasteiger partial charge in [-0.2, -0.15) is 0 Å². The second kappa shape index (κ2) is 9.00. The Kier molecular flexibility index (Phi) is 6.43. The number of hydrogen-bond acceptors (Lipinski definition) is 7. The maximum Gasteiger partial charge on any atom is 0.227 e. The van der Waals surface area contributed by atoms with Crippen molar-refractivity contribution in [1.29, 1.82) is 0 Å². The molecule has 1 unspecified atom stereocenters. The standard InChI is InChI=1S/C21H25NO7/c1-13-10-17(23)20(25)21(29-13)16(12-19(24)22-6-8-28-9-7-22)15-5-4-14(26-2)11-18(15)27-3/h4-5,10-11,16,25H,6-9,12H2,1-3H3. The average Bonchev–Trinajstić information content (AvgIpc) is 2.74. The van der Waals surface area contributed by atoms with Gasteiger partial charge in [0.1, 0.15) is 17.3 Å². The van der Waals surface area contributed by atoms with E-state index in [1.54, 1.807) is 37.1 Å². The first-order valence-corrected chi connectivity index (χ1v) is 9.35. The first-order chi connectivity index (χ1) is 13.9. The predicted octanol–water partition coefficient (Wildman–Crippen LogP) is 2.05. The molecule has 8 nitrogen and oxygen atoms in total. The number of carbonyl (C=O) groups excluding carboxylic acids is 1. The highest BCUT2D eigenvalue weighted by atomic mass is 16.5. The Morgan fingerprint density at radius 2 is 1.93 bits per heavy atom. The molecule has 0 spiro atoms. The highest BCUT2D eigenvalue weighted by molar-refractivity contribution is 5.78. The monoisotopic (exact) mass is 403 g/mol. The number of hydrogen-bond donors (Lipinski definition) is 1. The van der Waals surface area contributed by atoms with E-state index >= 15 is 0 Å². The molecule has 0 saturated carbocycles. The highest BCUT2D eigenvalue weighted by Gasteiger charge is 2.30. The number of benzene rings is 1. The topological polar surface area (TPSA) is 98.4 Å². The number of rotatable bonds is 6. The quantitative estimate of drug-likeness (QED) is 0.788. The van der Waals surface area contributed by atoms with Crippen LogP contribution in [0.25, 0.3) is 0 Å². The lowest BCUT2D eigenvalue weighted by molar-refractivity contribution is -0.135. The molecule has 1 aliphatic heterocycles. The van der Waals surface area contributed by atoms with E-state index in [2.05, 4.69) is 0 Å². The number of nitrogens with zero attached hydrogens (tertiary/aromatic N) is 1. The Morgan fingerprint density at radius 3 is 2.59 bits per heavy atom. The molecule has 0 aliphatic carbocycles. The number of morpholine rings is 1. The van der Waals surface area contributed by atoms with Crippen LogP contribution in [-0.4, -0.2) is 56.4 Å². The van der Waals surface area contributed by atoms with Crippen LogP contribution < -0.4 is 14.9 Å². The van der Waals surface area contributed by atoms with Gasteiger partial charge in [-0.3, -0.25) is 9.59 Å². The summed E-state index contributed by atoms with van der Waals surface area (Å²) in [6, 6.07) is 6.38. The molecule has 2 aromatic rings. The summed E-state index contributed by atoms with van der Waals surface area (Å²) in [5, 5.41) is 10.4. The van der Waals surface area contributed by atoms with E-state index < -0.39 is 17.1 Å². The number of amides is 1. The molecule has 3 rings (SSSR count). The third kappa shape index (κ3) is 4.54. The fraction of sp³-hybridized carbons (Fsp3) is 0.429. The summed E-state index contributed by atoms with van der Waals surface area (Å²) in [6.45, 7) is 3.57. The molecule has 156 valence electrons. The lowest BCUT2D eigenvalue weighted by atomic mass is 9.90. The van der Waals surface area contributed by atoms with E-state index in [1.807, 2.05) is 0 Å². The summed E-state index contributed by atoms with van der Waals surface area (Å²) in [4.78, 5) is 26.8. The summed E-state index contributed by atoms with van der Waals surface area (Å²) in [6.07, 6.45) is 0.00262. The molecule has 1 aromatic carbocycles. The molecule has 1 atom stereocenters. The molecule has 0 bridgehead atoms. The van der Waals surface area contributed by atoms with Crippen molar-refractivity contribution >= 4 is 5.91 Å². The van der Waals surface area contributed by atoms with E-state index in [0.29, 0.717) is 49.1 Å². The van der Waals surface area contributed by atoms with Crippen LogP contribution in [0.1, 0.15) is 29.4 Å². The van der Waals surface area contributed by atoms with Gasteiger partial charge in [0.15, 0.2) is 5.76 Å². The van der Waals surface area contributed by atoms with Crippen LogP contribution in [0.4, 0.5) is 0 Å². The maximum absolute atomic E-state index is 13.0. The van der Waals surface area contributed by atoms with Crippen molar-refractivity contribution in [3.63, 3.8) is 0 Å². The first kappa shape index (κ1) is 20.7. The Bertz CT molecular complexity index is 931. The molecule has 2 heterocycles. The zero-order valence-electron chi connectivity index (χ0n) is 16.8. The minimum Gasteiger partial charge on any atom is -0.502 e. The Balaban J connectivity index is 2.07. The van der Waals surface area contributed by atoms with Gasteiger partial charge in [-0.15, -0.1) is 0 Å². The van der Waals surface area contributed by atoms with Gasteiger partial charge in [0.05, 0.1) is 33.4 Å². The van der Waals surface area contributed by atoms with Crippen LogP contribution in [0.5, 0.6) is 17.2 Å². The summed E-state index contributed by atoms with van der Waals surface area (Å²) in [7, 11) is 3.05. The third-order valence-electron chi connectivity index (χ3n) is 4.95. The van der Waals surface area contributed by atoms with E-state index in [9.17, 15) is 14.7 Å². The van der Waals surface area contributed by atoms with Crippen LogP contribution in [-0.2, 0) is 9.53 Å². The summed E-state index contributed by atoms with van der Waals surface area (Å²) in [5.74, 6) is 0.0948. The molecule has 1 fully saturated rings. The van der Waals surface area contributed by atoms with E-state index in [1.165, 1.54) is 13.2 Å². The largest absolute Gasteiger partial charge is 0.502 e. The smallest absolute Gasteiger partial charge is 0.227 e. The Labute approximate surface area is 168 Å². The van der Waals surface area contributed by atoms with Crippen molar-refractivity contribution < 1.29 is 28.5 Å². The van der Waals surface area contributed by atoms with Gasteiger partial charge in [-0.05, 0) is 13.0 Å². The molecule has 0 radical (unpaired) electrons. The summed E-state index contributed by atoms with van der Waals surface area (Å²) in [5.41, 5.74) is 0.0546. The Hall–Kier alpha value is -3.00. The highest BCUT2D eigenvalue weighted by Crippen LogP contribution is 2.39. The fourth-order valence-corrected chi connectivity index (χ4v) is 3.43. The molecule has 1 saturated heterocycles. The van der Waals surface area contributed by atoms with E-state index in [4.69, 9.17) is 18.6 Å². The van der Waals surface area contributed by atoms with Crippen LogP contribution in [0.15, 0.2) is 33.5 Å². The van der Waals surface area contributed by atoms with Gasteiger partial charge >= 0.3 is 0 Å². The normalized spacial score (nSPS) is 15.1. The van der Waals surface area contributed by atoms with Gasteiger partial charge in [0.2, 0.25) is 17.1 Å². The third-order valence-corrected chi connectivity index (χ3v) is 4.95. The maximum atomic E-state index is 13.0. The van der Waals surface area contributed by atoms with Crippen molar-refractivity contribution in [2.75, 3.05) is 40.5 Å². The van der Waals surface area contributed by atoms with Crippen molar-refractivity contribution in [3.8, 4) is 17.2 Å². The van der Waals surface area contributed by atoms with Gasteiger partial charge in [0.25, 0.3) is 0 Å². The summed E-state index contributed by atoms with van der Waals surface area (Å²) < 4.78 is 21.8. The van der Waals surface area contributed by atoms with Crippen molar-refractivity contribution in [2.45, 2.75) is 19.3 Å². The minimum atomic E-state index is -0.709. The number of aromatic hydroxyl groups is 1. The molecule has 1 amide bonds. The number of methoxy groups -OCH3 is 2. The van der Waals surface area contributed by atoms with Crippen LogP contribution >= 0.6 is 0 Å². The minimum absolute atomic E-state index is 0.00262. The number of ether oxygens (including phenoxy) is 3. The zero-order valence-corrected chi connectivity index (χ0v) is 16.8. The van der Waals surface area contributed by atoms with Crippen molar-refractivity contribution in [2.24, 2.45) is 0 Å². The molecule has 8 heteroatoms. The molecule has 1 N–H and O–H groups in total. The molecule has 1 aliphatic rings. The lowest BCUT2D eigenvalue weighted by Crippen LogP contribution is -2.41. The van der Waals surface area contributed by atoms with E-state index in [0.717, 1.165) is 0 Å². The van der Waals surface area contributed by atoms with Gasteiger partial charge in [-0.25, -0.2) is 0 Å². The Morgan fingerprint density at radius 1 is 1.21 bits per heavy atom. The SMILES string of the molecule is COc1ccc(C(CC(=O)N2CCOCC2)c2oc(C)cc(=O)c2O)c(OC)c1. The summed E-state index contributed by atoms with van der Waals surface area (Å²) >= 11 is 0. The molecular formula is C21H25NO7. The van der Waals surface area contributed by atoms with Crippen LogP contribution in [0.2, 0.25) is 0 Å². The van der Waals surface area contributed by atoms with Crippen LogP contribution in [0.3, 0.4) is 0 Å². The average molecular weight is 403 g/mol. The van der Waals surface area contributed by atoms with Gasteiger partial charge in [0, 0.05) is 37.2 Å².